The summed E-state index contributed by atoms with van der Waals surface area (Å²) in [5.41, 5.74) is -0.335. The van der Waals surface area contributed by atoms with Crippen molar-refractivity contribution in [2.24, 2.45) is 7.05 Å². The van der Waals surface area contributed by atoms with E-state index in [-0.39, 0.29) is 10.7 Å². The van der Waals surface area contributed by atoms with Gasteiger partial charge in [0.05, 0.1) is 12.3 Å². The van der Waals surface area contributed by atoms with Crippen molar-refractivity contribution in [1.29, 1.82) is 0 Å². The van der Waals surface area contributed by atoms with E-state index in [9.17, 15) is 13.2 Å². The van der Waals surface area contributed by atoms with Gasteiger partial charge in [-0.15, -0.1) is 0 Å². The van der Waals surface area contributed by atoms with Gasteiger partial charge >= 0.3 is 5.97 Å². The fourth-order valence-electron chi connectivity index (χ4n) is 1.69. The van der Waals surface area contributed by atoms with Crippen LogP contribution in [0.2, 0.25) is 0 Å². The summed E-state index contributed by atoms with van der Waals surface area (Å²) in [6.45, 7) is 1.62. The highest BCUT2D eigenvalue weighted by molar-refractivity contribution is 7.89. The lowest BCUT2D eigenvalue weighted by Crippen LogP contribution is -2.28. The number of hydrogen-bond donors (Lipinski definition) is 2. The number of aryl methyl sites for hydroxylation is 1. The maximum Gasteiger partial charge on any atom is 0.356 e. The molecule has 0 unspecified atom stereocenters. The zero-order chi connectivity index (χ0) is 14.9. The van der Waals surface area contributed by atoms with Crippen LogP contribution in [0.4, 0.5) is 0 Å². The van der Waals surface area contributed by atoms with Gasteiger partial charge in [-0.2, -0.15) is 9.82 Å². The number of hydrogen-bond acceptors (Lipinski definition) is 5. The molecular formula is C11H13N3O5S. The molecule has 2 aromatic rings. The quantitative estimate of drug-likeness (QED) is 0.842. The second-order valence-corrected chi connectivity index (χ2v) is 5.82. The van der Waals surface area contributed by atoms with Crippen LogP contribution in [0.1, 0.15) is 29.2 Å². The first-order chi connectivity index (χ1) is 9.31. The van der Waals surface area contributed by atoms with Gasteiger partial charge in [0.2, 0.25) is 0 Å². The number of aromatic carboxylic acids is 1. The molecule has 2 rings (SSSR count). The van der Waals surface area contributed by atoms with Crippen LogP contribution >= 0.6 is 0 Å². The van der Waals surface area contributed by atoms with Gasteiger partial charge in [-0.05, 0) is 19.1 Å². The summed E-state index contributed by atoms with van der Waals surface area (Å²) in [6.07, 6.45) is 1.44. The summed E-state index contributed by atoms with van der Waals surface area (Å²) >= 11 is 0. The lowest BCUT2D eigenvalue weighted by Gasteiger charge is -2.11. The molecule has 0 aliphatic rings. The number of rotatable bonds is 5. The van der Waals surface area contributed by atoms with Crippen molar-refractivity contribution in [3.05, 3.63) is 35.9 Å². The van der Waals surface area contributed by atoms with Crippen LogP contribution in [0.25, 0.3) is 0 Å². The smallest absolute Gasteiger partial charge is 0.356 e. The van der Waals surface area contributed by atoms with Crippen molar-refractivity contribution in [3.63, 3.8) is 0 Å². The van der Waals surface area contributed by atoms with Gasteiger partial charge in [0.15, 0.2) is 10.7 Å². The number of nitrogens with one attached hydrogen (secondary N) is 1. The molecule has 0 spiro atoms. The average molecular weight is 299 g/mol. The van der Waals surface area contributed by atoms with Gasteiger partial charge in [-0.25, -0.2) is 13.2 Å². The van der Waals surface area contributed by atoms with E-state index in [0.717, 1.165) is 10.7 Å². The number of carbonyl (C=O) groups is 1. The first-order valence-corrected chi connectivity index (χ1v) is 7.12. The Bertz CT molecular complexity index is 717. The van der Waals surface area contributed by atoms with Crippen molar-refractivity contribution in [2.75, 3.05) is 0 Å². The van der Waals surface area contributed by atoms with Crippen LogP contribution in [0.3, 0.4) is 0 Å². The van der Waals surface area contributed by atoms with Crippen LogP contribution in [0.5, 0.6) is 0 Å². The van der Waals surface area contributed by atoms with E-state index in [4.69, 9.17) is 9.52 Å². The molecule has 0 saturated heterocycles. The minimum atomic E-state index is -3.90. The number of sulfonamides is 1. The molecule has 108 valence electrons. The Kier molecular flexibility index (Phi) is 3.64. The van der Waals surface area contributed by atoms with Crippen molar-refractivity contribution < 1.29 is 22.7 Å². The van der Waals surface area contributed by atoms with Crippen LogP contribution in [-0.2, 0) is 17.1 Å². The molecule has 1 atom stereocenters. The molecule has 0 fully saturated rings. The van der Waals surface area contributed by atoms with Crippen LogP contribution in [-0.4, -0.2) is 29.3 Å². The normalized spacial score (nSPS) is 13.3. The number of carboxylic acids is 1. The Morgan fingerprint density at radius 2 is 2.25 bits per heavy atom. The number of carboxylic acid groups (broad SMARTS) is 1. The SMILES string of the molecule is C[C@H](NS(=O)(=O)c1cc(C(=O)O)nn1C)c1ccco1. The largest absolute Gasteiger partial charge is 0.476 e. The first-order valence-electron chi connectivity index (χ1n) is 5.64. The summed E-state index contributed by atoms with van der Waals surface area (Å²) in [4.78, 5) is 10.8. The fraction of sp³-hybridized carbons (Fsp3) is 0.273. The van der Waals surface area contributed by atoms with Crippen molar-refractivity contribution in [2.45, 2.75) is 18.0 Å². The highest BCUT2D eigenvalue weighted by Crippen LogP contribution is 2.17. The molecule has 2 heterocycles. The highest BCUT2D eigenvalue weighted by atomic mass is 32.2. The van der Waals surface area contributed by atoms with Crippen LogP contribution < -0.4 is 4.72 Å². The molecule has 0 bridgehead atoms. The van der Waals surface area contributed by atoms with E-state index >= 15 is 0 Å². The lowest BCUT2D eigenvalue weighted by atomic mass is 10.3. The Balaban J connectivity index is 2.29. The van der Waals surface area contributed by atoms with E-state index in [1.807, 2.05) is 0 Å². The third-order valence-corrected chi connectivity index (χ3v) is 4.23. The summed E-state index contributed by atoms with van der Waals surface area (Å²) in [5, 5.41) is 12.2. The molecule has 0 amide bonds. The monoisotopic (exact) mass is 299 g/mol. The summed E-state index contributed by atoms with van der Waals surface area (Å²) in [5.74, 6) is -0.838. The topological polar surface area (TPSA) is 114 Å². The van der Waals surface area contributed by atoms with Crippen molar-refractivity contribution in [1.82, 2.24) is 14.5 Å². The summed E-state index contributed by atoms with van der Waals surface area (Å²) in [6, 6.07) is 3.70. The van der Waals surface area contributed by atoms with Crippen molar-refractivity contribution >= 4 is 16.0 Å². The van der Waals surface area contributed by atoms with Gasteiger partial charge in [0.1, 0.15) is 5.76 Å². The minimum Gasteiger partial charge on any atom is -0.476 e. The Morgan fingerprint density at radius 1 is 1.55 bits per heavy atom. The number of aromatic nitrogens is 2. The lowest BCUT2D eigenvalue weighted by molar-refractivity contribution is 0.0689. The zero-order valence-electron chi connectivity index (χ0n) is 10.8. The highest BCUT2D eigenvalue weighted by Gasteiger charge is 2.25. The van der Waals surface area contributed by atoms with E-state index in [1.54, 1.807) is 19.1 Å². The fourth-order valence-corrected chi connectivity index (χ4v) is 3.05. The Morgan fingerprint density at radius 3 is 2.75 bits per heavy atom. The minimum absolute atomic E-state index is 0.228. The molecule has 0 aromatic carbocycles. The molecule has 0 radical (unpaired) electrons. The molecule has 0 aliphatic carbocycles. The van der Waals surface area contributed by atoms with Gasteiger partial charge in [-0.3, -0.25) is 4.68 Å². The maximum absolute atomic E-state index is 12.2. The van der Waals surface area contributed by atoms with E-state index in [0.29, 0.717) is 5.76 Å². The van der Waals surface area contributed by atoms with Gasteiger partial charge in [0.25, 0.3) is 10.0 Å². The third-order valence-electron chi connectivity index (χ3n) is 2.63. The van der Waals surface area contributed by atoms with E-state index < -0.39 is 22.0 Å². The van der Waals surface area contributed by atoms with Gasteiger partial charge in [0, 0.05) is 13.1 Å². The molecule has 9 heteroatoms. The molecule has 0 aliphatic heterocycles. The first kappa shape index (κ1) is 14.3. The Labute approximate surface area is 115 Å². The Hall–Kier alpha value is -2.13. The maximum atomic E-state index is 12.2. The molecular weight excluding hydrogens is 286 g/mol. The molecule has 8 nitrogen and oxygen atoms in total. The molecule has 2 aromatic heterocycles. The van der Waals surface area contributed by atoms with E-state index in [1.165, 1.54) is 13.3 Å². The van der Waals surface area contributed by atoms with E-state index in [2.05, 4.69) is 9.82 Å². The third kappa shape index (κ3) is 2.73. The number of nitrogens with zero attached hydrogens (tertiary/aromatic N) is 2. The average Bonchev–Trinajstić information content (AvgIpc) is 2.96. The van der Waals surface area contributed by atoms with Gasteiger partial charge < -0.3 is 9.52 Å². The molecule has 20 heavy (non-hydrogen) atoms. The van der Waals surface area contributed by atoms with Crippen molar-refractivity contribution in [3.8, 4) is 0 Å². The van der Waals surface area contributed by atoms with Gasteiger partial charge in [-0.1, -0.05) is 0 Å². The van der Waals surface area contributed by atoms with Crippen LogP contribution in [0, 0.1) is 0 Å². The predicted octanol–water partition coefficient (Wildman–Crippen LogP) is 0.751. The predicted molar refractivity (Wildman–Crippen MR) is 67.6 cm³/mol. The summed E-state index contributed by atoms with van der Waals surface area (Å²) < 4.78 is 32.9. The molecule has 0 saturated carbocycles. The van der Waals surface area contributed by atoms with Crippen LogP contribution in [0.15, 0.2) is 33.9 Å². The zero-order valence-corrected chi connectivity index (χ0v) is 11.6. The standard InChI is InChI=1S/C11H13N3O5S/c1-7(9-4-3-5-19-9)13-20(17,18)10-6-8(11(15)16)12-14(10)2/h3-7,13H,1-2H3,(H,15,16)/t7-/m0/s1. The summed E-state index contributed by atoms with van der Waals surface area (Å²) in [7, 11) is -2.54. The molecule has 2 N–H and O–H groups in total. The second kappa shape index (κ2) is 5.10. The second-order valence-electron chi connectivity index (χ2n) is 4.15. The number of furan rings is 1.